The van der Waals surface area contributed by atoms with Crippen molar-refractivity contribution < 1.29 is 23.9 Å². The zero-order valence-electron chi connectivity index (χ0n) is 22.9. The van der Waals surface area contributed by atoms with E-state index in [1.165, 1.54) is 0 Å². The topological polar surface area (TPSA) is 95.5 Å². The number of pyridine rings is 1. The number of amides is 2. The lowest BCUT2D eigenvalue weighted by molar-refractivity contribution is -0.134. The highest BCUT2D eigenvalue weighted by molar-refractivity contribution is 7.99. The zero-order valence-corrected chi connectivity index (χ0v) is 26.1. The summed E-state index contributed by atoms with van der Waals surface area (Å²) in [5, 5.41) is 0. The first-order chi connectivity index (χ1) is 17.2. The summed E-state index contributed by atoms with van der Waals surface area (Å²) in [5.41, 5.74) is -0.173. The monoisotopic (exact) mass is 627 g/mol. The molecule has 39 heavy (non-hydrogen) atoms. The van der Waals surface area contributed by atoms with Crippen LogP contribution >= 0.6 is 49.0 Å². The Morgan fingerprint density at radius 2 is 1.74 bits per heavy atom. The summed E-state index contributed by atoms with van der Waals surface area (Å²) in [6.45, 7) is 12.0. The third-order valence-corrected chi connectivity index (χ3v) is 7.64. The van der Waals surface area contributed by atoms with Crippen LogP contribution in [0.2, 0.25) is 0 Å². The first-order valence-corrected chi connectivity index (χ1v) is 13.8. The average Bonchev–Trinajstić information content (AvgIpc) is 3.54. The van der Waals surface area contributed by atoms with Gasteiger partial charge in [-0.15, -0.1) is 49.0 Å². The number of ether oxygens (including phenoxy) is 2. The van der Waals surface area contributed by atoms with Gasteiger partial charge in [-0.2, -0.15) is 0 Å². The maximum absolute atomic E-state index is 13.3. The Balaban J connectivity index is 0.00000253. The lowest BCUT2D eigenvalue weighted by Crippen LogP contribution is -2.51. The van der Waals surface area contributed by atoms with E-state index in [4.69, 9.17) is 9.47 Å². The molecule has 4 heterocycles. The van der Waals surface area contributed by atoms with Crippen LogP contribution < -0.4 is 4.90 Å². The lowest BCUT2D eigenvalue weighted by Gasteiger charge is -2.38. The van der Waals surface area contributed by atoms with Crippen LogP contribution in [0.1, 0.15) is 44.5 Å². The number of carbonyl (C=O) groups excluding carboxylic acids is 3. The minimum Gasteiger partial charge on any atom is -0.462 e. The van der Waals surface area contributed by atoms with Gasteiger partial charge in [0.1, 0.15) is 17.5 Å². The molecule has 0 aromatic carbocycles. The largest absolute Gasteiger partial charge is 0.462 e. The fourth-order valence-electron chi connectivity index (χ4n) is 4.86. The van der Waals surface area contributed by atoms with Gasteiger partial charge in [0.05, 0.1) is 18.0 Å². The first kappa shape index (κ1) is 35.4. The molecule has 0 unspecified atom stereocenters. The molecule has 0 aliphatic carbocycles. The number of rotatable bonds is 5. The van der Waals surface area contributed by atoms with Gasteiger partial charge in [-0.05, 0) is 46.2 Å². The van der Waals surface area contributed by atoms with Crippen molar-refractivity contribution in [2.24, 2.45) is 0 Å². The van der Waals surface area contributed by atoms with Gasteiger partial charge in [0.15, 0.2) is 0 Å². The number of piperazine rings is 1. The zero-order chi connectivity index (χ0) is 25.9. The summed E-state index contributed by atoms with van der Waals surface area (Å²) in [4.78, 5) is 50.7. The van der Waals surface area contributed by atoms with Crippen molar-refractivity contribution in [2.45, 2.75) is 51.8 Å². The number of carbonyl (C=O) groups is 3. The third kappa shape index (κ3) is 8.91. The van der Waals surface area contributed by atoms with Crippen LogP contribution in [0.15, 0.2) is 18.3 Å². The number of likely N-dealkylation sites (tertiary alicyclic amines) is 1. The summed E-state index contributed by atoms with van der Waals surface area (Å²) < 4.78 is 10.7. The predicted molar refractivity (Wildman–Crippen MR) is 160 cm³/mol. The van der Waals surface area contributed by atoms with E-state index in [1.54, 1.807) is 35.8 Å². The van der Waals surface area contributed by atoms with E-state index in [-0.39, 0.29) is 55.1 Å². The lowest BCUT2D eigenvalue weighted by atomic mass is 10.1. The Bertz CT molecular complexity index is 954. The Kier molecular flexibility index (Phi) is 13.9. The molecule has 222 valence electrons. The minimum atomic E-state index is -0.617. The maximum Gasteiger partial charge on any atom is 0.411 e. The van der Waals surface area contributed by atoms with E-state index in [2.05, 4.69) is 14.8 Å². The number of halogens is 3. The van der Waals surface area contributed by atoms with Crippen LogP contribution in [0.3, 0.4) is 0 Å². The van der Waals surface area contributed by atoms with Gasteiger partial charge >= 0.3 is 12.1 Å². The van der Waals surface area contributed by atoms with Crippen LogP contribution in [0.5, 0.6) is 0 Å². The molecular formula is C25H40Cl3N5O5S. The quantitative estimate of drug-likeness (QED) is 0.454. The van der Waals surface area contributed by atoms with Gasteiger partial charge in [-0.1, -0.05) is 0 Å². The molecule has 2 atom stereocenters. The molecule has 3 aliphatic heterocycles. The van der Waals surface area contributed by atoms with Crippen LogP contribution in [-0.4, -0.2) is 113 Å². The van der Waals surface area contributed by atoms with E-state index in [1.807, 2.05) is 31.7 Å². The molecule has 3 aliphatic rings. The summed E-state index contributed by atoms with van der Waals surface area (Å²) in [6, 6.07) is 3.21. The average molecular weight is 629 g/mol. The van der Waals surface area contributed by atoms with Gasteiger partial charge in [0.25, 0.3) is 0 Å². The number of thioether (sulfide) groups is 1. The van der Waals surface area contributed by atoms with E-state index in [0.717, 1.165) is 44.3 Å². The highest BCUT2D eigenvalue weighted by Gasteiger charge is 2.45. The van der Waals surface area contributed by atoms with Crippen molar-refractivity contribution in [1.29, 1.82) is 0 Å². The standard InChI is InChI=1S/C25H37N5O5S.3ClH/c1-5-34-23(32)18-6-7-21(26-15-18)28-10-8-27(9-11-28)19-14-20(22(31)29-12-13-36-17-29)30(16-19)24(33)35-25(2,3)4;;;/h6-7,15,19-20H,5,8-14,16-17H2,1-4H3;3*1H/t19-,20-;;;/m0.../s1. The third-order valence-electron chi connectivity index (χ3n) is 6.67. The summed E-state index contributed by atoms with van der Waals surface area (Å²) in [5.74, 6) is 2.10. The summed E-state index contributed by atoms with van der Waals surface area (Å²) in [6.07, 6.45) is 1.76. The van der Waals surface area contributed by atoms with Gasteiger partial charge in [0, 0.05) is 57.3 Å². The minimum absolute atomic E-state index is 0. The molecule has 0 bridgehead atoms. The molecule has 2 amide bonds. The fraction of sp³-hybridized carbons (Fsp3) is 0.680. The molecule has 0 spiro atoms. The maximum atomic E-state index is 13.3. The highest BCUT2D eigenvalue weighted by Crippen LogP contribution is 2.29. The number of aromatic nitrogens is 1. The van der Waals surface area contributed by atoms with E-state index in [9.17, 15) is 14.4 Å². The molecule has 3 saturated heterocycles. The predicted octanol–water partition coefficient (Wildman–Crippen LogP) is 3.56. The molecular weight excluding hydrogens is 589 g/mol. The normalized spacial score (nSPS) is 21.4. The Hall–Kier alpha value is -1.66. The van der Waals surface area contributed by atoms with Crippen LogP contribution in [0, 0.1) is 0 Å². The number of nitrogens with zero attached hydrogens (tertiary/aromatic N) is 5. The van der Waals surface area contributed by atoms with E-state index < -0.39 is 17.7 Å². The van der Waals surface area contributed by atoms with Gasteiger partial charge in [0.2, 0.25) is 5.91 Å². The highest BCUT2D eigenvalue weighted by atomic mass is 35.5. The molecule has 1 aromatic heterocycles. The first-order valence-electron chi connectivity index (χ1n) is 12.6. The van der Waals surface area contributed by atoms with Crippen molar-refractivity contribution in [2.75, 3.05) is 62.4 Å². The van der Waals surface area contributed by atoms with Crippen molar-refractivity contribution >= 4 is 72.8 Å². The smallest absolute Gasteiger partial charge is 0.411 e. The summed E-state index contributed by atoms with van der Waals surface area (Å²) >= 11 is 1.74. The number of anilines is 1. The molecule has 0 saturated carbocycles. The Labute approximate surface area is 253 Å². The van der Waals surface area contributed by atoms with Crippen molar-refractivity contribution in [3.63, 3.8) is 0 Å². The molecule has 4 rings (SSSR count). The van der Waals surface area contributed by atoms with Crippen LogP contribution in [0.25, 0.3) is 0 Å². The molecule has 3 fully saturated rings. The Morgan fingerprint density at radius 1 is 1.05 bits per heavy atom. The van der Waals surface area contributed by atoms with Gasteiger partial charge < -0.3 is 19.3 Å². The Morgan fingerprint density at radius 3 is 2.28 bits per heavy atom. The second-order valence-electron chi connectivity index (χ2n) is 10.3. The number of hydrogen-bond acceptors (Lipinski definition) is 9. The van der Waals surface area contributed by atoms with Gasteiger partial charge in [-0.3, -0.25) is 14.6 Å². The second-order valence-corrected chi connectivity index (χ2v) is 11.4. The molecule has 14 heteroatoms. The van der Waals surface area contributed by atoms with E-state index >= 15 is 0 Å². The molecule has 10 nitrogen and oxygen atoms in total. The van der Waals surface area contributed by atoms with Crippen molar-refractivity contribution in [3.8, 4) is 0 Å². The van der Waals surface area contributed by atoms with Crippen molar-refractivity contribution in [3.05, 3.63) is 23.9 Å². The second kappa shape index (κ2) is 15.4. The SMILES string of the molecule is CCOC(=O)c1ccc(N2CCN([C@H]3C[C@@H](C(=O)N4CCSC4)N(C(=O)OC(C)(C)C)C3)CC2)nc1.Cl.Cl.Cl. The molecule has 0 N–H and O–H groups in total. The van der Waals surface area contributed by atoms with Crippen LogP contribution in [-0.2, 0) is 14.3 Å². The molecule has 1 aromatic rings. The summed E-state index contributed by atoms with van der Waals surface area (Å²) in [7, 11) is 0. The van der Waals surface area contributed by atoms with E-state index in [0.29, 0.717) is 31.0 Å². The number of hydrogen-bond donors (Lipinski definition) is 0. The van der Waals surface area contributed by atoms with Gasteiger partial charge in [-0.25, -0.2) is 14.6 Å². The molecule has 0 radical (unpaired) electrons. The van der Waals surface area contributed by atoms with Crippen molar-refractivity contribution in [1.82, 2.24) is 19.7 Å². The van der Waals surface area contributed by atoms with Crippen LogP contribution in [0.4, 0.5) is 10.6 Å². The number of esters is 1. The fourth-order valence-corrected chi connectivity index (χ4v) is 5.81.